The summed E-state index contributed by atoms with van der Waals surface area (Å²) in [5.41, 5.74) is 1.17. The average molecular weight is 320 g/mol. The molecule has 0 radical (unpaired) electrons. The molecule has 0 saturated carbocycles. The Labute approximate surface area is 134 Å². The maximum absolute atomic E-state index is 12.4. The lowest BCUT2D eigenvalue weighted by atomic mass is 10.1. The van der Waals surface area contributed by atoms with Crippen molar-refractivity contribution in [1.82, 2.24) is 4.90 Å². The molecule has 2 aromatic rings. The number of phenolic OH excluding ortho intramolecular Hbond substituents is 1. The summed E-state index contributed by atoms with van der Waals surface area (Å²) in [5.74, 6) is 0.439. The van der Waals surface area contributed by atoms with Crippen molar-refractivity contribution in [3.63, 3.8) is 0 Å². The second kappa shape index (κ2) is 7.18. The van der Waals surface area contributed by atoms with E-state index in [1.54, 1.807) is 13.1 Å². The zero-order valence-corrected chi connectivity index (χ0v) is 13.3. The summed E-state index contributed by atoms with van der Waals surface area (Å²) in [4.78, 5) is 13.9. The van der Waals surface area contributed by atoms with E-state index in [4.69, 9.17) is 16.3 Å². The molecule has 0 aliphatic heterocycles. The summed E-state index contributed by atoms with van der Waals surface area (Å²) in [6.45, 7) is 2.97. The Kier molecular flexibility index (Phi) is 5.28. The molecule has 1 N–H and O–H groups in total. The third-order valence-electron chi connectivity index (χ3n) is 3.19. The Morgan fingerprint density at radius 1 is 1.23 bits per heavy atom. The number of carbonyl (C=O) groups excluding carboxylic acids is 1. The smallest absolute Gasteiger partial charge is 0.257 e. The number of phenols is 1. The molecule has 5 heteroatoms. The molecule has 2 aromatic carbocycles. The Bertz CT molecular complexity index is 655. The van der Waals surface area contributed by atoms with Crippen LogP contribution in [0.3, 0.4) is 0 Å². The van der Waals surface area contributed by atoms with Gasteiger partial charge in [-0.15, -0.1) is 0 Å². The van der Waals surface area contributed by atoms with Crippen molar-refractivity contribution in [2.75, 3.05) is 13.7 Å². The lowest BCUT2D eigenvalue weighted by Crippen LogP contribution is -2.26. The van der Waals surface area contributed by atoms with Gasteiger partial charge in [0.2, 0.25) is 0 Å². The molecule has 0 aliphatic carbocycles. The predicted molar refractivity (Wildman–Crippen MR) is 86.5 cm³/mol. The topological polar surface area (TPSA) is 49.8 Å². The molecule has 0 aliphatic rings. The van der Waals surface area contributed by atoms with Crippen molar-refractivity contribution in [1.29, 1.82) is 0 Å². The van der Waals surface area contributed by atoms with Gasteiger partial charge in [0.15, 0.2) is 0 Å². The molecular formula is C17H18ClNO3. The van der Waals surface area contributed by atoms with Gasteiger partial charge in [0.1, 0.15) is 11.5 Å². The van der Waals surface area contributed by atoms with Gasteiger partial charge in [-0.05, 0) is 42.8 Å². The minimum Gasteiger partial charge on any atom is -0.507 e. The molecule has 0 spiro atoms. The molecule has 0 fully saturated rings. The predicted octanol–water partition coefficient (Wildman–Crippen LogP) is 3.72. The van der Waals surface area contributed by atoms with Crippen LogP contribution in [0.25, 0.3) is 0 Å². The minimum atomic E-state index is -0.283. The first-order valence-corrected chi connectivity index (χ1v) is 7.34. The SMILES string of the molecule is CCOc1ccc(CN(C)C(=O)c2cc(Cl)ccc2O)cc1. The highest BCUT2D eigenvalue weighted by Gasteiger charge is 2.16. The molecule has 116 valence electrons. The first kappa shape index (κ1) is 16.2. The van der Waals surface area contributed by atoms with Crippen LogP contribution in [0.15, 0.2) is 42.5 Å². The standard InChI is InChI=1S/C17H18ClNO3/c1-3-22-14-7-4-12(5-8-14)11-19(2)17(21)15-10-13(18)6-9-16(15)20/h4-10,20H,3,11H2,1-2H3. The molecule has 0 unspecified atom stereocenters. The number of carbonyl (C=O) groups is 1. The molecule has 0 heterocycles. The zero-order valence-electron chi connectivity index (χ0n) is 12.5. The Morgan fingerprint density at radius 3 is 2.55 bits per heavy atom. The van der Waals surface area contributed by atoms with Gasteiger partial charge in [-0.3, -0.25) is 4.79 Å². The van der Waals surface area contributed by atoms with E-state index in [9.17, 15) is 9.90 Å². The summed E-state index contributed by atoms with van der Waals surface area (Å²) < 4.78 is 5.38. The molecule has 0 aromatic heterocycles. The number of hydrogen-bond acceptors (Lipinski definition) is 3. The van der Waals surface area contributed by atoms with Crippen molar-refractivity contribution in [3.8, 4) is 11.5 Å². The fraction of sp³-hybridized carbons (Fsp3) is 0.235. The van der Waals surface area contributed by atoms with Crippen molar-refractivity contribution in [3.05, 3.63) is 58.6 Å². The Balaban J connectivity index is 2.09. The van der Waals surface area contributed by atoms with Crippen molar-refractivity contribution >= 4 is 17.5 Å². The van der Waals surface area contributed by atoms with Crippen molar-refractivity contribution in [2.45, 2.75) is 13.5 Å². The highest BCUT2D eigenvalue weighted by atomic mass is 35.5. The van der Waals surface area contributed by atoms with E-state index in [2.05, 4.69) is 0 Å². The minimum absolute atomic E-state index is 0.0760. The first-order chi connectivity index (χ1) is 10.5. The normalized spacial score (nSPS) is 10.3. The number of aromatic hydroxyl groups is 1. The van der Waals surface area contributed by atoms with Crippen LogP contribution in [0.5, 0.6) is 11.5 Å². The third-order valence-corrected chi connectivity index (χ3v) is 3.42. The highest BCUT2D eigenvalue weighted by molar-refractivity contribution is 6.31. The number of amides is 1. The van der Waals surface area contributed by atoms with Gasteiger partial charge >= 0.3 is 0 Å². The van der Waals surface area contributed by atoms with Gasteiger partial charge in [0, 0.05) is 18.6 Å². The molecule has 0 bridgehead atoms. The summed E-state index contributed by atoms with van der Waals surface area (Å²) >= 11 is 5.88. The van der Waals surface area contributed by atoms with Gasteiger partial charge in [-0.25, -0.2) is 0 Å². The maximum Gasteiger partial charge on any atom is 0.257 e. The van der Waals surface area contributed by atoms with Gasteiger partial charge < -0.3 is 14.7 Å². The first-order valence-electron chi connectivity index (χ1n) is 6.97. The molecule has 0 atom stereocenters. The van der Waals surface area contributed by atoms with Crippen molar-refractivity contribution in [2.24, 2.45) is 0 Å². The zero-order chi connectivity index (χ0) is 16.1. The third kappa shape index (κ3) is 3.92. The molecular weight excluding hydrogens is 302 g/mol. The van der Waals surface area contributed by atoms with E-state index in [0.29, 0.717) is 18.2 Å². The average Bonchev–Trinajstić information content (AvgIpc) is 2.51. The Hall–Kier alpha value is -2.20. The summed E-state index contributed by atoms with van der Waals surface area (Å²) in [7, 11) is 1.68. The van der Waals surface area contributed by atoms with Gasteiger partial charge in [0.05, 0.1) is 12.2 Å². The molecule has 22 heavy (non-hydrogen) atoms. The van der Waals surface area contributed by atoms with Crippen LogP contribution in [0.2, 0.25) is 5.02 Å². The number of ether oxygens (including phenoxy) is 1. The number of nitrogens with zero attached hydrogens (tertiary/aromatic N) is 1. The van der Waals surface area contributed by atoms with Crippen LogP contribution in [-0.2, 0) is 6.54 Å². The number of benzene rings is 2. The van der Waals surface area contributed by atoms with Crippen LogP contribution < -0.4 is 4.74 Å². The summed E-state index contributed by atoms with van der Waals surface area (Å²) in [6, 6.07) is 12.0. The van der Waals surface area contributed by atoms with E-state index in [0.717, 1.165) is 11.3 Å². The fourth-order valence-electron chi connectivity index (χ4n) is 2.09. The Morgan fingerprint density at radius 2 is 1.91 bits per heavy atom. The van der Waals surface area contributed by atoms with E-state index in [-0.39, 0.29) is 17.2 Å². The van der Waals surface area contributed by atoms with E-state index in [1.165, 1.54) is 17.0 Å². The van der Waals surface area contributed by atoms with E-state index < -0.39 is 0 Å². The summed E-state index contributed by atoms with van der Waals surface area (Å²) in [6.07, 6.45) is 0. The lowest BCUT2D eigenvalue weighted by Gasteiger charge is -2.18. The van der Waals surface area contributed by atoms with Gasteiger partial charge in [-0.2, -0.15) is 0 Å². The van der Waals surface area contributed by atoms with Crippen LogP contribution in [0.4, 0.5) is 0 Å². The number of halogens is 1. The van der Waals surface area contributed by atoms with Crippen LogP contribution in [0.1, 0.15) is 22.8 Å². The largest absolute Gasteiger partial charge is 0.507 e. The summed E-state index contributed by atoms with van der Waals surface area (Å²) in [5, 5.41) is 10.2. The van der Waals surface area contributed by atoms with Crippen LogP contribution in [-0.4, -0.2) is 29.6 Å². The molecule has 1 amide bonds. The number of rotatable bonds is 5. The van der Waals surface area contributed by atoms with Gasteiger partial charge in [-0.1, -0.05) is 23.7 Å². The van der Waals surface area contributed by atoms with Crippen LogP contribution in [0, 0.1) is 0 Å². The monoisotopic (exact) mass is 319 g/mol. The lowest BCUT2D eigenvalue weighted by molar-refractivity contribution is 0.0782. The molecule has 0 saturated heterocycles. The van der Waals surface area contributed by atoms with Crippen molar-refractivity contribution < 1.29 is 14.6 Å². The second-order valence-electron chi connectivity index (χ2n) is 4.90. The van der Waals surface area contributed by atoms with Gasteiger partial charge in [0.25, 0.3) is 5.91 Å². The van der Waals surface area contributed by atoms with E-state index >= 15 is 0 Å². The highest BCUT2D eigenvalue weighted by Crippen LogP contribution is 2.23. The fourth-order valence-corrected chi connectivity index (χ4v) is 2.26. The van der Waals surface area contributed by atoms with Crippen LogP contribution >= 0.6 is 11.6 Å². The van der Waals surface area contributed by atoms with E-state index in [1.807, 2.05) is 31.2 Å². The second-order valence-corrected chi connectivity index (χ2v) is 5.34. The maximum atomic E-state index is 12.4. The number of hydrogen-bond donors (Lipinski definition) is 1. The molecule has 4 nitrogen and oxygen atoms in total. The quantitative estimate of drug-likeness (QED) is 0.913. The molecule has 2 rings (SSSR count).